The van der Waals surface area contributed by atoms with Gasteiger partial charge >= 0.3 is 0 Å². The van der Waals surface area contributed by atoms with E-state index in [1.54, 1.807) is 6.92 Å². The summed E-state index contributed by atoms with van der Waals surface area (Å²) in [6.45, 7) is 3.72. The molecule has 2 heteroatoms. The van der Waals surface area contributed by atoms with Crippen molar-refractivity contribution in [2.45, 2.75) is 20.3 Å². The first-order valence-electron chi connectivity index (χ1n) is 3.49. The zero-order valence-corrected chi connectivity index (χ0v) is 7.25. The van der Waals surface area contributed by atoms with Crippen LogP contribution >= 0.6 is 11.8 Å². The highest BCUT2D eigenvalue weighted by molar-refractivity contribution is 7.99. The Morgan fingerprint density at radius 1 is 1.60 bits per heavy atom. The Morgan fingerprint density at radius 3 is 2.70 bits per heavy atom. The molecule has 1 aliphatic heterocycles. The quantitative estimate of drug-likeness (QED) is 0.578. The van der Waals surface area contributed by atoms with E-state index in [1.165, 1.54) is 11.3 Å². The molecule has 1 rings (SSSR count). The third-order valence-corrected chi connectivity index (χ3v) is 2.79. The lowest BCUT2D eigenvalue weighted by atomic mass is 10.1. The second-order valence-corrected chi connectivity index (χ2v) is 3.72. The molecule has 1 heterocycles. The van der Waals surface area contributed by atoms with Gasteiger partial charge in [0.25, 0.3) is 0 Å². The Morgan fingerprint density at radius 2 is 2.30 bits per heavy atom. The number of carbonyl (C=O) groups is 1. The summed E-state index contributed by atoms with van der Waals surface area (Å²) in [5.74, 6) is 2.37. The van der Waals surface area contributed by atoms with Crippen LogP contribution in [0.4, 0.5) is 0 Å². The minimum absolute atomic E-state index is 0.254. The van der Waals surface area contributed by atoms with E-state index in [0.29, 0.717) is 0 Å². The summed E-state index contributed by atoms with van der Waals surface area (Å²) >= 11 is 1.86. The molecule has 0 radical (unpaired) electrons. The average Bonchev–Trinajstić information content (AvgIpc) is 1.88. The highest BCUT2D eigenvalue weighted by Gasteiger charge is 2.12. The fourth-order valence-electron chi connectivity index (χ4n) is 1.08. The molecule has 0 aromatic heterocycles. The summed E-state index contributed by atoms with van der Waals surface area (Å²) in [5.41, 5.74) is 2.35. The van der Waals surface area contributed by atoms with Gasteiger partial charge in [0, 0.05) is 11.3 Å². The first kappa shape index (κ1) is 7.86. The third-order valence-electron chi connectivity index (χ3n) is 1.81. The summed E-state index contributed by atoms with van der Waals surface area (Å²) in [7, 11) is 0. The lowest BCUT2D eigenvalue weighted by Crippen LogP contribution is -2.08. The molecule has 0 aromatic carbocycles. The second kappa shape index (κ2) is 3.24. The molecule has 0 unspecified atom stereocenters. The molecule has 0 N–H and O–H groups in total. The molecule has 0 aliphatic carbocycles. The molecular formula is C8H12OS. The van der Waals surface area contributed by atoms with Gasteiger partial charge in [0.1, 0.15) is 0 Å². The van der Waals surface area contributed by atoms with Crippen molar-refractivity contribution in [2.24, 2.45) is 0 Å². The van der Waals surface area contributed by atoms with Crippen LogP contribution in [-0.2, 0) is 4.79 Å². The number of thioether (sulfide) groups is 1. The van der Waals surface area contributed by atoms with Crippen LogP contribution in [0.5, 0.6) is 0 Å². The van der Waals surface area contributed by atoms with E-state index >= 15 is 0 Å². The van der Waals surface area contributed by atoms with Crippen LogP contribution in [-0.4, -0.2) is 17.3 Å². The molecule has 0 amide bonds. The molecule has 0 saturated heterocycles. The van der Waals surface area contributed by atoms with Gasteiger partial charge in [0.2, 0.25) is 0 Å². The Labute approximate surface area is 65.9 Å². The van der Waals surface area contributed by atoms with Gasteiger partial charge in [-0.2, -0.15) is 11.8 Å². The highest BCUT2D eigenvalue weighted by Crippen LogP contribution is 2.23. The van der Waals surface area contributed by atoms with Crippen molar-refractivity contribution in [3.05, 3.63) is 11.1 Å². The summed E-state index contributed by atoms with van der Waals surface area (Å²) in [5, 5.41) is 0. The van der Waals surface area contributed by atoms with Crippen LogP contribution in [0.15, 0.2) is 11.1 Å². The Hall–Kier alpha value is -0.240. The van der Waals surface area contributed by atoms with Gasteiger partial charge in [-0.1, -0.05) is 5.57 Å². The molecular weight excluding hydrogens is 144 g/mol. The number of hydrogen-bond donors (Lipinski definition) is 0. The third kappa shape index (κ3) is 1.63. The first-order chi connectivity index (χ1) is 4.72. The van der Waals surface area contributed by atoms with Crippen molar-refractivity contribution in [3.63, 3.8) is 0 Å². The van der Waals surface area contributed by atoms with E-state index in [2.05, 4.69) is 6.92 Å². The zero-order valence-electron chi connectivity index (χ0n) is 6.44. The smallest absolute Gasteiger partial charge is 0.156 e. The van der Waals surface area contributed by atoms with Crippen LogP contribution in [0.25, 0.3) is 0 Å². The number of ketones is 1. The Kier molecular flexibility index (Phi) is 2.55. The van der Waals surface area contributed by atoms with E-state index in [1.807, 2.05) is 11.8 Å². The van der Waals surface area contributed by atoms with Crippen molar-refractivity contribution in [1.82, 2.24) is 0 Å². The molecule has 0 saturated carbocycles. The van der Waals surface area contributed by atoms with Crippen LogP contribution in [0, 0.1) is 0 Å². The lowest BCUT2D eigenvalue weighted by molar-refractivity contribution is -0.113. The minimum atomic E-state index is 0.254. The van der Waals surface area contributed by atoms with E-state index in [4.69, 9.17) is 0 Å². The molecule has 56 valence electrons. The monoisotopic (exact) mass is 156 g/mol. The topological polar surface area (TPSA) is 17.1 Å². The largest absolute Gasteiger partial charge is 0.295 e. The van der Waals surface area contributed by atoms with Gasteiger partial charge in [-0.25, -0.2) is 0 Å². The van der Waals surface area contributed by atoms with Crippen LogP contribution in [0.3, 0.4) is 0 Å². The molecule has 10 heavy (non-hydrogen) atoms. The number of Topliss-reactive ketones (excluding diaryl/α,β-unsaturated/α-hetero) is 1. The normalized spacial score (nSPS) is 19.4. The van der Waals surface area contributed by atoms with Gasteiger partial charge in [-0.15, -0.1) is 0 Å². The maximum Gasteiger partial charge on any atom is 0.156 e. The average molecular weight is 156 g/mol. The van der Waals surface area contributed by atoms with E-state index in [-0.39, 0.29) is 5.78 Å². The SMILES string of the molecule is CC(=O)C1=C(C)CCSC1. The second-order valence-electron chi connectivity index (χ2n) is 2.62. The minimum Gasteiger partial charge on any atom is -0.295 e. The van der Waals surface area contributed by atoms with Crippen molar-refractivity contribution < 1.29 is 4.79 Å². The molecule has 0 atom stereocenters. The Balaban J connectivity index is 2.78. The summed E-state index contributed by atoms with van der Waals surface area (Å²) in [4.78, 5) is 10.9. The summed E-state index contributed by atoms with van der Waals surface area (Å²) in [6, 6.07) is 0. The summed E-state index contributed by atoms with van der Waals surface area (Å²) < 4.78 is 0. The molecule has 0 spiro atoms. The fraction of sp³-hybridized carbons (Fsp3) is 0.625. The molecule has 0 fully saturated rings. The standard InChI is InChI=1S/C8H12OS/c1-6-3-4-10-5-8(6)7(2)9/h3-5H2,1-2H3. The van der Waals surface area contributed by atoms with Crippen molar-refractivity contribution in [2.75, 3.05) is 11.5 Å². The van der Waals surface area contributed by atoms with E-state index < -0.39 is 0 Å². The maximum atomic E-state index is 10.9. The van der Waals surface area contributed by atoms with Crippen molar-refractivity contribution in [3.8, 4) is 0 Å². The summed E-state index contributed by atoms with van der Waals surface area (Å²) in [6.07, 6.45) is 1.10. The number of rotatable bonds is 1. The van der Waals surface area contributed by atoms with Gasteiger partial charge in [0.15, 0.2) is 5.78 Å². The van der Waals surface area contributed by atoms with Crippen LogP contribution in [0.1, 0.15) is 20.3 Å². The lowest BCUT2D eigenvalue weighted by Gasteiger charge is -2.14. The van der Waals surface area contributed by atoms with Crippen molar-refractivity contribution in [1.29, 1.82) is 0 Å². The van der Waals surface area contributed by atoms with Crippen molar-refractivity contribution >= 4 is 17.5 Å². The predicted octanol–water partition coefficient (Wildman–Crippen LogP) is 2.03. The maximum absolute atomic E-state index is 10.9. The number of carbonyl (C=O) groups excluding carboxylic acids is 1. The van der Waals surface area contributed by atoms with Gasteiger partial charge < -0.3 is 0 Å². The molecule has 1 nitrogen and oxygen atoms in total. The Bertz CT molecular complexity index is 182. The van der Waals surface area contributed by atoms with Crippen LogP contribution in [0.2, 0.25) is 0 Å². The van der Waals surface area contributed by atoms with Gasteiger partial charge in [-0.3, -0.25) is 4.79 Å². The number of hydrogen-bond acceptors (Lipinski definition) is 2. The van der Waals surface area contributed by atoms with E-state index in [0.717, 1.165) is 17.7 Å². The molecule has 0 bridgehead atoms. The predicted molar refractivity (Wildman–Crippen MR) is 45.3 cm³/mol. The first-order valence-corrected chi connectivity index (χ1v) is 4.64. The molecule has 0 aromatic rings. The number of allylic oxidation sites excluding steroid dienone is 1. The van der Waals surface area contributed by atoms with Gasteiger partial charge in [-0.05, 0) is 26.0 Å². The fourth-order valence-corrected chi connectivity index (χ4v) is 2.32. The zero-order chi connectivity index (χ0) is 7.56. The van der Waals surface area contributed by atoms with Gasteiger partial charge in [0.05, 0.1) is 0 Å². The highest BCUT2D eigenvalue weighted by atomic mass is 32.2. The van der Waals surface area contributed by atoms with E-state index in [9.17, 15) is 4.79 Å². The van der Waals surface area contributed by atoms with Crippen LogP contribution < -0.4 is 0 Å². The molecule has 1 aliphatic rings.